The largest absolute Gasteiger partial charge is 0.480 e. The predicted octanol–water partition coefficient (Wildman–Crippen LogP) is 1.30. The molecular weight excluding hydrogens is 142 g/mol. The van der Waals surface area contributed by atoms with E-state index in [-0.39, 0.29) is 5.92 Å². The molecule has 0 aromatic rings. The third-order valence-electron chi connectivity index (χ3n) is 2.39. The third-order valence-corrected chi connectivity index (χ3v) is 2.39. The number of rotatable bonds is 2. The van der Waals surface area contributed by atoms with E-state index < -0.39 is 12.0 Å². The maximum Gasteiger partial charge on any atom is 0.322 e. The molecule has 0 aromatic carbocycles. The van der Waals surface area contributed by atoms with Crippen molar-refractivity contribution in [2.24, 2.45) is 5.92 Å². The molecule has 0 spiro atoms. The standard InChI is InChI=1S/C8H14NO2/c9-7(8(10)11)6-4-2-1-3-5-6/h6-7,9H,1-5H2,(H,10,11). The Hall–Kier alpha value is -0.570. The molecule has 0 aromatic heterocycles. The van der Waals surface area contributed by atoms with Gasteiger partial charge >= 0.3 is 5.97 Å². The molecule has 1 atom stereocenters. The summed E-state index contributed by atoms with van der Waals surface area (Å²) in [5.41, 5.74) is 7.32. The molecule has 0 heterocycles. The average Bonchev–Trinajstić information content (AvgIpc) is 2.05. The van der Waals surface area contributed by atoms with Crippen LogP contribution in [0.4, 0.5) is 0 Å². The van der Waals surface area contributed by atoms with Crippen molar-refractivity contribution in [1.29, 1.82) is 0 Å². The first-order valence-electron chi connectivity index (χ1n) is 4.15. The van der Waals surface area contributed by atoms with Gasteiger partial charge in [0.1, 0.15) is 6.04 Å². The van der Waals surface area contributed by atoms with Crippen molar-refractivity contribution in [2.45, 2.75) is 38.1 Å². The quantitative estimate of drug-likeness (QED) is 0.655. The Kier molecular flexibility index (Phi) is 2.88. The zero-order chi connectivity index (χ0) is 8.27. The Bertz CT molecular complexity index is 141. The van der Waals surface area contributed by atoms with E-state index in [0.717, 1.165) is 25.7 Å². The van der Waals surface area contributed by atoms with Crippen molar-refractivity contribution in [3.63, 3.8) is 0 Å². The summed E-state index contributed by atoms with van der Waals surface area (Å²) in [5.74, 6) is -0.849. The SMILES string of the molecule is [NH]C(C(=O)O)C1CCCCC1. The second-order valence-corrected chi connectivity index (χ2v) is 3.21. The summed E-state index contributed by atoms with van der Waals surface area (Å²) < 4.78 is 0. The normalized spacial score (nSPS) is 23.0. The van der Waals surface area contributed by atoms with Crippen LogP contribution in [-0.4, -0.2) is 17.1 Å². The van der Waals surface area contributed by atoms with Crippen LogP contribution in [0.1, 0.15) is 32.1 Å². The van der Waals surface area contributed by atoms with Crippen LogP contribution >= 0.6 is 0 Å². The van der Waals surface area contributed by atoms with E-state index in [1.165, 1.54) is 6.42 Å². The maximum atomic E-state index is 10.4. The van der Waals surface area contributed by atoms with Crippen LogP contribution in [0, 0.1) is 5.92 Å². The minimum atomic E-state index is -0.961. The van der Waals surface area contributed by atoms with E-state index in [0.29, 0.717) is 0 Å². The Morgan fingerprint density at radius 2 is 1.91 bits per heavy atom. The van der Waals surface area contributed by atoms with Gasteiger partial charge in [-0.25, -0.2) is 5.73 Å². The van der Waals surface area contributed by atoms with Crippen LogP contribution in [0.2, 0.25) is 0 Å². The molecule has 1 saturated carbocycles. The molecule has 1 fully saturated rings. The van der Waals surface area contributed by atoms with Crippen molar-refractivity contribution in [3.8, 4) is 0 Å². The van der Waals surface area contributed by atoms with Crippen LogP contribution < -0.4 is 5.73 Å². The van der Waals surface area contributed by atoms with E-state index in [9.17, 15) is 4.79 Å². The number of nitrogens with one attached hydrogen (secondary N) is 1. The number of hydrogen-bond acceptors (Lipinski definition) is 1. The van der Waals surface area contributed by atoms with Gasteiger partial charge in [0.15, 0.2) is 0 Å². The summed E-state index contributed by atoms with van der Waals surface area (Å²) in [6.07, 6.45) is 5.28. The highest BCUT2D eigenvalue weighted by molar-refractivity contribution is 5.73. The fourth-order valence-corrected chi connectivity index (χ4v) is 1.67. The Labute approximate surface area is 66.6 Å². The molecule has 63 valence electrons. The van der Waals surface area contributed by atoms with Gasteiger partial charge < -0.3 is 5.11 Å². The summed E-state index contributed by atoms with van der Waals surface area (Å²) >= 11 is 0. The molecule has 1 aliphatic carbocycles. The van der Waals surface area contributed by atoms with E-state index in [1.54, 1.807) is 0 Å². The van der Waals surface area contributed by atoms with Crippen LogP contribution in [0.3, 0.4) is 0 Å². The van der Waals surface area contributed by atoms with Gasteiger partial charge in [0.05, 0.1) is 0 Å². The molecule has 3 heteroatoms. The molecular formula is C8H14NO2. The van der Waals surface area contributed by atoms with Crippen LogP contribution in [0.5, 0.6) is 0 Å². The average molecular weight is 156 g/mol. The summed E-state index contributed by atoms with van der Waals surface area (Å²) in [5, 5.41) is 8.55. The lowest BCUT2D eigenvalue weighted by atomic mass is 9.84. The lowest BCUT2D eigenvalue weighted by Crippen LogP contribution is -2.32. The van der Waals surface area contributed by atoms with Gasteiger partial charge in [0, 0.05) is 0 Å². The monoisotopic (exact) mass is 156 g/mol. The number of aliphatic carboxylic acids is 1. The van der Waals surface area contributed by atoms with Crippen LogP contribution in [-0.2, 0) is 4.79 Å². The van der Waals surface area contributed by atoms with Crippen molar-refractivity contribution >= 4 is 5.97 Å². The topological polar surface area (TPSA) is 61.1 Å². The van der Waals surface area contributed by atoms with Gasteiger partial charge in [-0.15, -0.1) is 0 Å². The van der Waals surface area contributed by atoms with Crippen molar-refractivity contribution in [1.82, 2.24) is 5.73 Å². The van der Waals surface area contributed by atoms with Gasteiger partial charge in [-0.05, 0) is 18.8 Å². The van der Waals surface area contributed by atoms with Crippen molar-refractivity contribution < 1.29 is 9.90 Å². The smallest absolute Gasteiger partial charge is 0.322 e. The van der Waals surface area contributed by atoms with E-state index in [1.807, 2.05) is 0 Å². The number of hydrogen-bond donors (Lipinski definition) is 1. The zero-order valence-electron chi connectivity index (χ0n) is 6.55. The van der Waals surface area contributed by atoms with Gasteiger partial charge in [-0.3, -0.25) is 4.79 Å². The zero-order valence-corrected chi connectivity index (χ0v) is 6.55. The minimum absolute atomic E-state index is 0.112. The van der Waals surface area contributed by atoms with E-state index in [2.05, 4.69) is 0 Å². The first kappa shape index (κ1) is 8.53. The maximum absolute atomic E-state index is 10.4. The Balaban J connectivity index is 2.38. The number of carboxylic acid groups (broad SMARTS) is 1. The Morgan fingerprint density at radius 1 is 1.36 bits per heavy atom. The molecule has 11 heavy (non-hydrogen) atoms. The number of carbonyl (C=O) groups is 1. The highest BCUT2D eigenvalue weighted by Crippen LogP contribution is 2.26. The molecule has 1 unspecified atom stereocenters. The molecule has 3 nitrogen and oxygen atoms in total. The molecule has 1 rings (SSSR count). The minimum Gasteiger partial charge on any atom is -0.480 e. The first-order chi connectivity index (χ1) is 5.22. The Morgan fingerprint density at radius 3 is 2.36 bits per heavy atom. The van der Waals surface area contributed by atoms with Crippen LogP contribution in [0.15, 0.2) is 0 Å². The lowest BCUT2D eigenvalue weighted by Gasteiger charge is -2.23. The molecule has 0 amide bonds. The van der Waals surface area contributed by atoms with Gasteiger partial charge in [0.25, 0.3) is 0 Å². The van der Waals surface area contributed by atoms with E-state index >= 15 is 0 Å². The lowest BCUT2D eigenvalue weighted by molar-refractivity contribution is -0.140. The highest BCUT2D eigenvalue weighted by Gasteiger charge is 2.25. The molecule has 0 aliphatic heterocycles. The number of carboxylic acids is 1. The van der Waals surface area contributed by atoms with E-state index in [4.69, 9.17) is 10.8 Å². The fraction of sp³-hybridized carbons (Fsp3) is 0.875. The summed E-state index contributed by atoms with van der Waals surface area (Å²) in [7, 11) is 0. The van der Waals surface area contributed by atoms with Gasteiger partial charge in [0.2, 0.25) is 0 Å². The van der Waals surface area contributed by atoms with Crippen LogP contribution in [0.25, 0.3) is 0 Å². The molecule has 1 aliphatic rings. The summed E-state index contributed by atoms with van der Waals surface area (Å²) in [6, 6.07) is -0.879. The van der Waals surface area contributed by atoms with Crippen molar-refractivity contribution in [3.05, 3.63) is 0 Å². The second kappa shape index (κ2) is 3.72. The molecule has 1 radical (unpaired) electrons. The predicted molar refractivity (Wildman–Crippen MR) is 41.1 cm³/mol. The second-order valence-electron chi connectivity index (χ2n) is 3.21. The van der Waals surface area contributed by atoms with Gasteiger partial charge in [-0.1, -0.05) is 19.3 Å². The molecule has 0 saturated heterocycles. The molecule has 2 N–H and O–H groups in total. The van der Waals surface area contributed by atoms with Crippen molar-refractivity contribution in [2.75, 3.05) is 0 Å². The highest BCUT2D eigenvalue weighted by atomic mass is 16.4. The third kappa shape index (κ3) is 2.19. The fourth-order valence-electron chi connectivity index (χ4n) is 1.67. The molecule has 0 bridgehead atoms. The summed E-state index contributed by atoms with van der Waals surface area (Å²) in [6.45, 7) is 0. The first-order valence-corrected chi connectivity index (χ1v) is 4.15. The summed E-state index contributed by atoms with van der Waals surface area (Å²) in [4.78, 5) is 10.4. The van der Waals surface area contributed by atoms with Gasteiger partial charge in [-0.2, -0.15) is 0 Å².